The van der Waals surface area contributed by atoms with Crippen LogP contribution in [-0.4, -0.2) is 14.8 Å². The molecule has 30 heavy (non-hydrogen) atoms. The van der Waals surface area contributed by atoms with Gasteiger partial charge in [0.1, 0.15) is 12.4 Å². The predicted molar refractivity (Wildman–Crippen MR) is 124 cm³/mol. The number of hydrogen-bond acceptors (Lipinski definition) is 4. The van der Waals surface area contributed by atoms with E-state index in [9.17, 15) is 0 Å². The Labute approximate surface area is 182 Å². The number of nitrogens with zero attached hydrogens (tertiary/aromatic N) is 3. The van der Waals surface area contributed by atoms with Crippen LogP contribution >= 0.6 is 11.8 Å². The summed E-state index contributed by atoms with van der Waals surface area (Å²) in [5.41, 5.74) is 2.73. The van der Waals surface area contributed by atoms with E-state index in [1.54, 1.807) is 11.8 Å². The van der Waals surface area contributed by atoms with Gasteiger partial charge in [0.25, 0.3) is 0 Å². The molecule has 0 bridgehead atoms. The predicted octanol–water partition coefficient (Wildman–Crippen LogP) is 6.14. The largest absolute Gasteiger partial charge is 0.486 e. The van der Waals surface area contributed by atoms with Gasteiger partial charge >= 0.3 is 0 Å². The summed E-state index contributed by atoms with van der Waals surface area (Å²) >= 11 is 1.70. The molecule has 0 unspecified atom stereocenters. The Balaban J connectivity index is 1.40. The molecule has 0 aliphatic rings. The summed E-state index contributed by atoms with van der Waals surface area (Å²) in [5, 5.41) is 12.1. The topological polar surface area (TPSA) is 39.9 Å². The van der Waals surface area contributed by atoms with Crippen molar-refractivity contribution in [1.29, 1.82) is 0 Å². The molecule has 4 nitrogen and oxygen atoms in total. The first-order chi connectivity index (χ1) is 14.4. The smallest absolute Gasteiger partial charge is 0.191 e. The van der Waals surface area contributed by atoms with E-state index in [1.807, 2.05) is 23.7 Å². The fourth-order valence-electron chi connectivity index (χ4n) is 3.36. The molecule has 0 saturated carbocycles. The lowest BCUT2D eigenvalue weighted by atomic mass is 9.87. The van der Waals surface area contributed by atoms with Crippen LogP contribution in [0.5, 0.6) is 5.75 Å². The van der Waals surface area contributed by atoms with Crippen LogP contribution in [0.2, 0.25) is 0 Å². The molecule has 1 aromatic heterocycles. The highest BCUT2D eigenvalue weighted by molar-refractivity contribution is 7.98. The Morgan fingerprint density at radius 2 is 1.63 bits per heavy atom. The highest BCUT2D eigenvalue weighted by Crippen LogP contribution is 2.27. The molecule has 0 aliphatic heterocycles. The molecule has 0 atom stereocenters. The van der Waals surface area contributed by atoms with E-state index >= 15 is 0 Å². The third-order valence-corrected chi connectivity index (χ3v) is 6.32. The van der Waals surface area contributed by atoms with Crippen LogP contribution in [-0.2, 0) is 24.8 Å². The number of ether oxygens (including phenoxy) is 1. The minimum absolute atomic E-state index is 0.137. The number of thioether (sulfide) groups is 1. The summed E-state index contributed by atoms with van der Waals surface area (Å²) in [5.74, 6) is 2.51. The van der Waals surface area contributed by atoms with Crippen molar-refractivity contribution >= 4 is 22.5 Å². The lowest BCUT2D eigenvalue weighted by Crippen LogP contribution is -2.10. The summed E-state index contributed by atoms with van der Waals surface area (Å²) in [7, 11) is 1.99. The highest BCUT2D eigenvalue weighted by atomic mass is 32.2. The molecule has 1 heterocycles. The van der Waals surface area contributed by atoms with E-state index in [-0.39, 0.29) is 5.41 Å². The molecule has 0 amide bonds. The SMILES string of the molecule is Cn1c(COc2ccc(C(C)(C)C)cc2)nnc1SCc1cccc2ccccc12. The standard InChI is InChI=1S/C25H27N3OS/c1-25(2,3)20-12-14-21(15-13-20)29-16-23-26-27-24(28(23)4)30-17-19-10-7-9-18-8-5-6-11-22(18)19/h5-15H,16-17H2,1-4H3. The second-order valence-corrected chi connectivity index (χ2v) is 9.39. The van der Waals surface area contributed by atoms with E-state index in [4.69, 9.17) is 4.74 Å². The van der Waals surface area contributed by atoms with Gasteiger partial charge in [-0.25, -0.2) is 0 Å². The third kappa shape index (κ3) is 4.51. The fraction of sp³-hybridized carbons (Fsp3) is 0.280. The molecule has 4 rings (SSSR count). The maximum atomic E-state index is 5.94. The zero-order valence-electron chi connectivity index (χ0n) is 17.9. The second-order valence-electron chi connectivity index (χ2n) is 8.45. The highest BCUT2D eigenvalue weighted by Gasteiger charge is 2.14. The van der Waals surface area contributed by atoms with Gasteiger partial charge in [-0.3, -0.25) is 0 Å². The third-order valence-electron chi connectivity index (χ3n) is 5.25. The van der Waals surface area contributed by atoms with E-state index in [0.29, 0.717) is 6.61 Å². The number of aromatic nitrogens is 3. The lowest BCUT2D eigenvalue weighted by Gasteiger charge is -2.19. The van der Waals surface area contributed by atoms with Crippen LogP contribution in [0.25, 0.3) is 10.8 Å². The fourth-order valence-corrected chi connectivity index (χ4v) is 4.29. The molecule has 3 aromatic carbocycles. The molecular formula is C25H27N3OS. The van der Waals surface area contributed by atoms with E-state index in [0.717, 1.165) is 22.5 Å². The van der Waals surface area contributed by atoms with Crippen molar-refractivity contribution in [2.24, 2.45) is 7.05 Å². The van der Waals surface area contributed by atoms with Gasteiger partial charge in [-0.15, -0.1) is 10.2 Å². The van der Waals surface area contributed by atoms with E-state index in [1.165, 1.54) is 21.9 Å². The molecule has 0 saturated heterocycles. The quantitative estimate of drug-likeness (QED) is 0.353. The van der Waals surface area contributed by atoms with Crippen LogP contribution in [0.15, 0.2) is 71.9 Å². The van der Waals surface area contributed by atoms with Crippen molar-refractivity contribution in [3.05, 3.63) is 83.7 Å². The lowest BCUT2D eigenvalue weighted by molar-refractivity contribution is 0.290. The molecule has 154 valence electrons. The monoisotopic (exact) mass is 417 g/mol. The van der Waals surface area contributed by atoms with Crippen molar-refractivity contribution in [3.8, 4) is 5.75 Å². The summed E-state index contributed by atoms with van der Waals surface area (Å²) in [6.07, 6.45) is 0. The summed E-state index contributed by atoms with van der Waals surface area (Å²) in [4.78, 5) is 0. The normalized spacial score (nSPS) is 11.7. The minimum Gasteiger partial charge on any atom is -0.486 e. The Morgan fingerprint density at radius 1 is 0.900 bits per heavy atom. The molecule has 0 aliphatic carbocycles. The molecule has 5 heteroatoms. The van der Waals surface area contributed by atoms with Crippen molar-refractivity contribution < 1.29 is 4.74 Å². The Hall–Kier alpha value is -2.79. The van der Waals surface area contributed by atoms with Crippen molar-refractivity contribution in [2.75, 3.05) is 0 Å². The molecule has 4 aromatic rings. The molecule has 0 radical (unpaired) electrons. The Morgan fingerprint density at radius 3 is 2.40 bits per heavy atom. The first kappa shape index (κ1) is 20.5. The average molecular weight is 418 g/mol. The van der Waals surface area contributed by atoms with Crippen LogP contribution in [0.4, 0.5) is 0 Å². The van der Waals surface area contributed by atoms with Crippen molar-refractivity contribution in [1.82, 2.24) is 14.8 Å². The van der Waals surface area contributed by atoms with E-state index in [2.05, 4.69) is 85.6 Å². The van der Waals surface area contributed by atoms with Crippen LogP contribution in [0, 0.1) is 0 Å². The van der Waals surface area contributed by atoms with Gasteiger partial charge < -0.3 is 9.30 Å². The van der Waals surface area contributed by atoms with Crippen LogP contribution < -0.4 is 4.74 Å². The van der Waals surface area contributed by atoms with Gasteiger partial charge in [-0.2, -0.15) is 0 Å². The Bertz CT molecular complexity index is 1140. The summed E-state index contributed by atoms with van der Waals surface area (Å²) in [6, 6.07) is 23.2. The molecule has 0 fully saturated rings. The van der Waals surface area contributed by atoms with Crippen LogP contribution in [0.1, 0.15) is 37.7 Å². The zero-order valence-corrected chi connectivity index (χ0v) is 18.7. The van der Waals surface area contributed by atoms with Crippen LogP contribution in [0.3, 0.4) is 0 Å². The molecule has 0 N–H and O–H groups in total. The second kappa shape index (κ2) is 8.52. The first-order valence-corrected chi connectivity index (χ1v) is 11.1. The zero-order chi connectivity index (χ0) is 21.1. The number of benzene rings is 3. The maximum Gasteiger partial charge on any atom is 0.191 e. The van der Waals surface area contributed by atoms with Crippen molar-refractivity contribution in [2.45, 2.75) is 43.7 Å². The number of hydrogen-bond donors (Lipinski definition) is 0. The average Bonchev–Trinajstić information content (AvgIpc) is 3.10. The number of fused-ring (bicyclic) bond motifs is 1. The summed E-state index contributed by atoms with van der Waals surface area (Å²) < 4.78 is 7.95. The maximum absolute atomic E-state index is 5.94. The van der Waals surface area contributed by atoms with Gasteiger partial charge in [-0.05, 0) is 39.4 Å². The van der Waals surface area contributed by atoms with Gasteiger partial charge in [0, 0.05) is 12.8 Å². The molecular weight excluding hydrogens is 390 g/mol. The number of rotatable bonds is 6. The van der Waals surface area contributed by atoms with Gasteiger partial charge in [0.15, 0.2) is 11.0 Å². The van der Waals surface area contributed by atoms with Gasteiger partial charge in [0.05, 0.1) is 0 Å². The molecule has 0 spiro atoms. The Kier molecular flexibility index (Phi) is 5.82. The minimum atomic E-state index is 0.137. The first-order valence-electron chi connectivity index (χ1n) is 10.1. The van der Waals surface area contributed by atoms with E-state index < -0.39 is 0 Å². The summed E-state index contributed by atoms with van der Waals surface area (Å²) in [6.45, 7) is 7.02. The van der Waals surface area contributed by atoms with Gasteiger partial charge in [-0.1, -0.05) is 87.1 Å². The van der Waals surface area contributed by atoms with Gasteiger partial charge in [0.2, 0.25) is 0 Å². The van der Waals surface area contributed by atoms with Crippen molar-refractivity contribution in [3.63, 3.8) is 0 Å².